The Hall–Kier alpha value is -4.94. The summed E-state index contributed by atoms with van der Waals surface area (Å²) in [6.07, 6.45) is 7.17. The van der Waals surface area contributed by atoms with Crippen molar-refractivity contribution in [3.8, 4) is 11.8 Å². The minimum absolute atomic E-state index is 0.136. The molecule has 0 bridgehead atoms. The number of fused-ring (bicyclic) bond motifs is 4. The van der Waals surface area contributed by atoms with Gasteiger partial charge in [-0.2, -0.15) is 10.2 Å². The third-order valence-corrected chi connectivity index (χ3v) is 7.85. The fourth-order valence-corrected chi connectivity index (χ4v) is 5.42. The Morgan fingerprint density at radius 1 is 1.00 bits per heavy atom. The summed E-state index contributed by atoms with van der Waals surface area (Å²) < 4.78 is 3.57. The molecule has 0 atom stereocenters. The third kappa shape index (κ3) is 4.52. The highest BCUT2D eigenvalue weighted by Gasteiger charge is 2.34. The van der Waals surface area contributed by atoms with Crippen molar-refractivity contribution in [1.29, 1.82) is 0 Å². The van der Waals surface area contributed by atoms with Gasteiger partial charge in [0.1, 0.15) is 5.82 Å². The van der Waals surface area contributed by atoms with Crippen LogP contribution in [0.4, 0.5) is 5.82 Å². The van der Waals surface area contributed by atoms with Gasteiger partial charge in [0.25, 0.3) is 5.91 Å². The molecule has 10 heteroatoms. The number of carbonyl (C=O) groups excluding carboxylic acids is 1. The van der Waals surface area contributed by atoms with Gasteiger partial charge in [-0.3, -0.25) is 19.1 Å². The quantitative estimate of drug-likeness (QED) is 0.309. The van der Waals surface area contributed by atoms with Crippen LogP contribution in [0.1, 0.15) is 40.0 Å². The normalized spacial score (nSPS) is 13.0. The van der Waals surface area contributed by atoms with E-state index in [0.717, 1.165) is 56.9 Å². The minimum Gasteiger partial charge on any atom is -0.383 e. The average molecular weight is 561 g/mol. The molecule has 1 aliphatic carbocycles. The van der Waals surface area contributed by atoms with Crippen LogP contribution in [0.3, 0.4) is 0 Å². The fourth-order valence-electron chi connectivity index (χ4n) is 5.18. The summed E-state index contributed by atoms with van der Waals surface area (Å²) in [5.74, 6) is 6.63. The summed E-state index contributed by atoms with van der Waals surface area (Å²) >= 11 is 6.64. The Bertz CT molecular complexity index is 2060. The van der Waals surface area contributed by atoms with Gasteiger partial charge in [-0.05, 0) is 55.3 Å². The number of carbonyl (C=O) groups is 1. The summed E-state index contributed by atoms with van der Waals surface area (Å²) in [5, 5.41) is 11.6. The fraction of sp³-hybridized carbons (Fsp3) is 0.194. The Labute approximate surface area is 240 Å². The van der Waals surface area contributed by atoms with Crippen molar-refractivity contribution >= 4 is 56.0 Å². The Morgan fingerprint density at radius 3 is 2.56 bits per heavy atom. The van der Waals surface area contributed by atoms with Gasteiger partial charge in [-0.25, -0.2) is 4.98 Å². The van der Waals surface area contributed by atoms with Crippen LogP contribution in [0.5, 0.6) is 0 Å². The molecule has 0 saturated heterocycles. The second-order valence-electron chi connectivity index (χ2n) is 10.4. The molecule has 9 nitrogen and oxygen atoms in total. The number of hydrogen-bond acceptors (Lipinski definition) is 6. The average Bonchev–Trinajstić information content (AvgIpc) is 3.64. The smallest absolute Gasteiger partial charge is 0.255 e. The topological polar surface area (TPSA) is 108 Å². The number of aryl methyl sites for hydroxylation is 2. The first-order valence-electron chi connectivity index (χ1n) is 13.3. The molecule has 41 heavy (non-hydrogen) atoms. The van der Waals surface area contributed by atoms with E-state index in [1.54, 1.807) is 29.2 Å². The molecule has 1 fully saturated rings. The third-order valence-electron chi connectivity index (χ3n) is 7.53. The zero-order chi connectivity index (χ0) is 28.2. The summed E-state index contributed by atoms with van der Waals surface area (Å²) in [6.45, 7) is 0.379. The van der Waals surface area contributed by atoms with Gasteiger partial charge in [0, 0.05) is 48.2 Å². The van der Waals surface area contributed by atoms with Crippen molar-refractivity contribution in [2.75, 3.05) is 5.73 Å². The zero-order valence-corrected chi connectivity index (χ0v) is 23.2. The number of hydrogen-bond donors (Lipinski definition) is 1. The van der Waals surface area contributed by atoms with E-state index in [2.05, 4.69) is 32.0 Å². The molecule has 202 valence electrons. The van der Waals surface area contributed by atoms with Gasteiger partial charge in [0.05, 0.1) is 57.2 Å². The van der Waals surface area contributed by atoms with Gasteiger partial charge in [-0.15, -0.1) is 0 Å². The minimum atomic E-state index is -0.136. The molecule has 0 spiro atoms. The number of amides is 1. The zero-order valence-electron chi connectivity index (χ0n) is 22.5. The number of nitrogen functional groups attached to an aromatic ring is 1. The molecule has 0 aliphatic heterocycles. The SMILES string of the molecule is Cn1ncc2ccc(C#Cc3ccc(CN(C(=O)c4cc5c(cc4Cl)nc(N)c4cnn(C)c45)C4CC4)nc3)cc21. The largest absolute Gasteiger partial charge is 0.383 e. The Morgan fingerprint density at radius 2 is 1.78 bits per heavy atom. The van der Waals surface area contributed by atoms with Crippen LogP contribution in [0.2, 0.25) is 5.02 Å². The molecule has 0 radical (unpaired) electrons. The molecule has 1 saturated carbocycles. The number of nitrogens with zero attached hydrogens (tertiary/aromatic N) is 7. The van der Waals surface area contributed by atoms with E-state index in [0.29, 0.717) is 28.5 Å². The van der Waals surface area contributed by atoms with E-state index >= 15 is 0 Å². The van der Waals surface area contributed by atoms with Crippen LogP contribution < -0.4 is 5.73 Å². The number of halogens is 1. The molecule has 6 aromatic rings. The molecule has 1 amide bonds. The molecule has 2 aromatic carbocycles. The van der Waals surface area contributed by atoms with Crippen LogP contribution >= 0.6 is 11.6 Å². The summed E-state index contributed by atoms with van der Waals surface area (Å²) in [4.78, 5) is 24.8. The van der Waals surface area contributed by atoms with Crippen LogP contribution in [-0.4, -0.2) is 46.4 Å². The van der Waals surface area contributed by atoms with Crippen LogP contribution in [0, 0.1) is 11.8 Å². The van der Waals surface area contributed by atoms with Crippen molar-refractivity contribution in [3.63, 3.8) is 0 Å². The lowest BCUT2D eigenvalue weighted by atomic mass is 10.1. The Kier molecular flexibility index (Phi) is 5.87. The second-order valence-corrected chi connectivity index (χ2v) is 10.8. The van der Waals surface area contributed by atoms with Gasteiger partial charge < -0.3 is 10.6 Å². The highest BCUT2D eigenvalue weighted by molar-refractivity contribution is 6.35. The first-order valence-corrected chi connectivity index (χ1v) is 13.6. The highest BCUT2D eigenvalue weighted by Crippen LogP contribution is 2.35. The number of aromatic nitrogens is 6. The molecule has 4 heterocycles. The van der Waals surface area contributed by atoms with Crippen molar-refractivity contribution in [2.24, 2.45) is 14.1 Å². The molecule has 4 aromatic heterocycles. The van der Waals surface area contributed by atoms with Crippen LogP contribution in [0.15, 0.2) is 61.1 Å². The maximum absolute atomic E-state index is 13.9. The van der Waals surface area contributed by atoms with Crippen molar-refractivity contribution in [3.05, 3.63) is 88.5 Å². The van der Waals surface area contributed by atoms with Gasteiger partial charge in [0.2, 0.25) is 0 Å². The van der Waals surface area contributed by atoms with Crippen molar-refractivity contribution in [1.82, 2.24) is 34.4 Å². The van der Waals surface area contributed by atoms with Crippen molar-refractivity contribution < 1.29 is 4.79 Å². The standard InChI is InChI=1S/C31H25ClN8O/c1-38-28-11-18(5-7-20(28)15-35-38)3-4-19-6-8-21(34-14-19)17-40(22-9-10-22)31(41)23-12-24-27(13-26(23)32)37-30(33)25-16-36-39(2)29(24)25/h5-8,11-16,22H,9-10,17H2,1-2H3,(H2,33,37). The van der Waals surface area contributed by atoms with Gasteiger partial charge >= 0.3 is 0 Å². The maximum atomic E-state index is 13.9. The van der Waals surface area contributed by atoms with E-state index in [-0.39, 0.29) is 11.9 Å². The van der Waals surface area contributed by atoms with E-state index in [9.17, 15) is 4.79 Å². The first-order chi connectivity index (χ1) is 19.9. The molecule has 0 unspecified atom stereocenters. The lowest BCUT2D eigenvalue weighted by Gasteiger charge is -2.23. The molecule has 1 aliphatic rings. The molecule has 7 rings (SSSR count). The van der Waals surface area contributed by atoms with E-state index < -0.39 is 0 Å². The van der Waals surface area contributed by atoms with Gasteiger partial charge in [-0.1, -0.05) is 23.4 Å². The Balaban J connectivity index is 1.15. The highest BCUT2D eigenvalue weighted by atomic mass is 35.5. The second kappa shape index (κ2) is 9.61. The predicted molar refractivity (Wildman–Crippen MR) is 159 cm³/mol. The number of nitrogens with two attached hydrogens (primary N) is 1. The molecule has 2 N–H and O–H groups in total. The summed E-state index contributed by atoms with van der Waals surface area (Å²) in [7, 11) is 3.76. The van der Waals surface area contributed by atoms with Crippen LogP contribution in [0.25, 0.3) is 32.7 Å². The summed E-state index contributed by atoms with van der Waals surface area (Å²) in [5.41, 5.74) is 11.5. The first kappa shape index (κ1) is 25.1. The monoisotopic (exact) mass is 560 g/mol. The van der Waals surface area contributed by atoms with E-state index in [4.69, 9.17) is 17.3 Å². The van der Waals surface area contributed by atoms with Gasteiger partial charge in [0.15, 0.2) is 0 Å². The number of rotatable bonds is 4. The molecular weight excluding hydrogens is 536 g/mol. The van der Waals surface area contributed by atoms with E-state index in [1.165, 1.54) is 0 Å². The van der Waals surface area contributed by atoms with Crippen LogP contribution in [-0.2, 0) is 20.6 Å². The number of pyridine rings is 2. The lowest BCUT2D eigenvalue weighted by Crippen LogP contribution is -2.33. The number of benzene rings is 2. The number of anilines is 1. The molecular formula is C31H25ClN8O. The van der Waals surface area contributed by atoms with E-state index in [1.807, 2.05) is 60.2 Å². The maximum Gasteiger partial charge on any atom is 0.255 e. The predicted octanol–water partition coefficient (Wildman–Crippen LogP) is 4.84. The lowest BCUT2D eigenvalue weighted by molar-refractivity contribution is 0.0728. The van der Waals surface area contributed by atoms with Crippen molar-refractivity contribution in [2.45, 2.75) is 25.4 Å². The summed E-state index contributed by atoms with van der Waals surface area (Å²) in [6, 6.07) is 13.6.